The number of rotatable bonds is 5. The van der Waals surface area contributed by atoms with Gasteiger partial charge in [0, 0.05) is 18.7 Å². The quantitative estimate of drug-likeness (QED) is 0.920. The Kier molecular flexibility index (Phi) is 4.62. The minimum atomic E-state index is -0.173. The molecule has 1 N–H and O–H groups in total. The molecule has 1 aromatic carbocycles. The molecule has 0 aliphatic rings. The Bertz CT molecular complexity index is 632. The van der Waals surface area contributed by atoms with E-state index in [4.69, 9.17) is 4.74 Å². The third-order valence-electron chi connectivity index (χ3n) is 3.12. The fraction of sp³-hybridized carbons (Fsp3) is 0.375. The number of nitrogens with one attached hydrogen (secondary N) is 1. The maximum absolute atomic E-state index is 12.3. The maximum Gasteiger partial charge on any atom is 0.256 e. The fourth-order valence-electron chi connectivity index (χ4n) is 2.11. The molecule has 5 heteroatoms. The van der Waals surface area contributed by atoms with Crippen LogP contribution in [-0.4, -0.2) is 22.8 Å². The first kappa shape index (κ1) is 15.1. The van der Waals surface area contributed by atoms with Crippen molar-refractivity contribution in [1.82, 2.24) is 9.78 Å². The molecule has 1 amide bonds. The second kappa shape index (κ2) is 6.43. The van der Waals surface area contributed by atoms with Crippen LogP contribution in [0.3, 0.4) is 0 Å². The lowest BCUT2D eigenvalue weighted by Crippen LogP contribution is -2.14. The topological polar surface area (TPSA) is 56.1 Å². The van der Waals surface area contributed by atoms with Crippen LogP contribution < -0.4 is 10.1 Å². The third kappa shape index (κ3) is 3.84. The van der Waals surface area contributed by atoms with Crippen molar-refractivity contribution in [3.63, 3.8) is 0 Å². The Hall–Kier alpha value is -2.30. The van der Waals surface area contributed by atoms with Crippen LogP contribution in [0.2, 0.25) is 0 Å². The van der Waals surface area contributed by atoms with Crippen LogP contribution in [0, 0.1) is 5.92 Å². The normalized spacial score (nSPS) is 10.7. The van der Waals surface area contributed by atoms with Crippen LogP contribution in [0.4, 0.5) is 5.82 Å². The lowest BCUT2D eigenvalue weighted by atomic mass is 10.1. The molecule has 0 spiro atoms. The van der Waals surface area contributed by atoms with E-state index in [1.54, 1.807) is 30.0 Å². The molecule has 0 fully saturated rings. The Labute approximate surface area is 124 Å². The molecule has 0 aliphatic carbocycles. The van der Waals surface area contributed by atoms with Crippen LogP contribution in [-0.2, 0) is 13.5 Å². The number of anilines is 1. The second-order valence-electron chi connectivity index (χ2n) is 5.43. The Morgan fingerprint density at radius 1 is 1.38 bits per heavy atom. The summed E-state index contributed by atoms with van der Waals surface area (Å²) in [5.41, 5.74) is 1.54. The van der Waals surface area contributed by atoms with E-state index >= 15 is 0 Å². The molecule has 2 aromatic rings. The number of ether oxygens (including phenoxy) is 1. The molecule has 112 valence electrons. The summed E-state index contributed by atoms with van der Waals surface area (Å²) >= 11 is 0. The third-order valence-corrected chi connectivity index (χ3v) is 3.12. The van der Waals surface area contributed by atoms with Gasteiger partial charge >= 0.3 is 0 Å². The van der Waals surface area contributed by atoms with Crippen molar-refractivity contribution in [3.05, 3.63) is 41.6 Å². The van der Waals surface area contributed by atoms with Crippen LogP contribution in [0.15, 0.2) is 30.3 Å². The number of amides is 1. The SMILES string of the molecule is COc1cccc(C(=O)Nc2cc(CC(C)C)nn2C)c1. The van der Waals surface area contributed by atoms with Gasteiger partial charge in [-0.05, 0) is 30.5 Å². The first-order chi connectivity index (χ1) is 9.99. The smallest absolute Gasteiger partial charge is 0.256 e. The van der Waals surface area contributed by atoms with E-state index in [9.17, 15) is 4.79 Å². The highest BCUT2D eigenvalue weighted by Gasteiger charge is 2.12. The Morgan fingerprint density at radius 3 is 2.81 bits per heavy atom. The zero-order chi connectivity index (χ0) is 15.4. The predicted molar refractivity (Wildman–Crippen MR) is 82.7 cm³/mol. The van der Waals surface area contributed by atoms with E-state index in [0.717, 1.165) is 12.1 Å². The van der Waals surface area contributed by atoms with Gasteiger partial charge in [-0.15, -0.1) is 0 Å². The van der Waals surface area contributed by atoms with Crippen molar-refractivity contribution < 1.29 is 9.53 Å². The predicted octanol–water partition coefficient (Wildman–Crippen LogP) is 2.88. The van der Waals surface area contributed by atoms with Crippen LogP contribution in [0.1, 0.15) is 29.9 Å². The summed E-state index contributed by atoms with van der Waals surface area (Å²) in [5.74, 6) is 1.71. The molecule has 0 bridgehead atoms. The van der Waals surface area contributed by atoms with Crippen LogP contribution in [0.25, 0.3) is 0 Å². The van der Waals surface area contributed by atoms with Gasteiger partial charge in [-0.25, -0.2) is 0 Å². The van der Waals surface area contributed by atoms with Gasteiger partial charge in [0.2, 0.25) is 0 Å². The van der Waals surface area contributed by atoms with Gasteiger partial charge in [-0.2, -0.15) is 5.10 Å². The number of aromatic nitrogens is 2. The van der Waals surface area contributed by atoms with Crippen molar-refractivity contribution in [3.8, 4) is 5.75 Å². The van der Waals surface area contributed by atoms with E-state index in [-0.39, 0.29) is 5.91 Å². The number of benzene rings is 1. The average Bonchev–Trinajstić information content (AvgIpc) is 2.77. The number of nitrogens with zero attached hydrogens (tertiary/aromatic N) is 2. The minimum absolute atomic E-state index is 0.173. The zero-order valence-electron chi connectivity index (χ0n) is 12.9. The highest BCUT2D eigenvalue weighted by Crippen LogP contribution is 2.16. The summed E-state index contributed by atoms with van der Waals surface area (Å²) in [6.07, 6.45) is 0.892. The van der Waals surface area contributed by atoms with Crippen molar-refractivity contribution in [2.75, 3.05) is 12.4 Å². The number of carbonyl (C=O) groups excluding carboxylic acids is 1. The van der Waals surface area contributed by atoms with Crippen LogP contribution >= 0.6 is 0 Å². The molecular formula is C16H21N3O2. The lowest BCUT2D eigenvalue weighted by molar-refractivity contribution is 0.102. The highest BCUT2D eigenvalue weighted by molar-refractivity contribution is 6.04. The molecular weight excluding hydrogens is 266 g/mol. The maximum atomic E-state index is 12.3. The molecule has 0 atom stereocenters. The molecule has 21 heavy (non-hydrogen) atoms. The van der Waals surface area contributed by atoms with E-state index < -0.39 is 0 Å². The standard InChI is InChI=1S/C16H21N3O2/c1-11(2)8-13-10-15(19(3)18-13)17-16(20)12-6-5-7-14(9-12)21-4/h5-7,9-11H,8H2,1-4H3,(H,17,20). The molecule has 5 nitrogen and oxygen atoms in total. The fourth-order valence-corrected chi connectivity index (χ4v) is 2.11. The summed E-state index contributed by atoms with van der Waals surface area (Å²) < 4.78 is 6.82. The van der Waals surface area contributed by atoms with E-state index in [1.807, 2.05) is 19.2 Å². The second-order valence-corrected chi connectivity index (χ2v) is 5.43. The van der Waals surface area contributed by atoms with E-state index in [1.165, 1.54) is 0 Å². The molecule has 0 saturated heterocycles. The van der Waals surface area contributed by atoms with E-state index in [0.29, 0.717) is 23.0 Å². The van der Waals surface area contributed by atoms with Crippen molar-refractivity contribution in [1.29, 1.82) is 0 Å². The first-order valence-corrected chi connectivity index (χ1v) is 6.98. The molecule has 0 aliphatic heterocycles. The van der Waals surface area contributed by atoms with Gasteiger partial charge in [0.25, 0.3) is 5.91 Å². The van der Waals surface area contributed by atoms with Gasteiger partial charge in [0.1, 0.15) is 11.6 Å². The van der Waals surface area contributed by atoms with Gasteiger partial charge in [0.15, 0.2) is 0 Å². The van der Waals surface area contributed by atoms with Gasteiger partial charge < -0.3 is 10.1 Å². The highest BCUT2D eigenvalue weighted by atomic mass is 16.5. The summed E-state index contributed by atoms with van der Waals surface area (Å²) in [6.45, 7) is 4.28. The molecule has 0 radical (unpaired) electrons. The number of carbonyl (C=O) groups is 1. The monoisotopic (exact) mass is 287 g/mol. The zero-order valence-corrected chi connectivity index (χ0v) is 12.9. The summed E-state index contributed by atoms with van der Waals surface area (Å²) in [6, 6.07) is 8.98. The van der Waals surface area contributed by atoms with E-state index in [2.05, 4.69) is 24.3 Å². The first-order valence-electron chi connectivity index (χ1n) is 6.98. The molecule has 2 rings (SSSR count). The molecule has 1 aromatic heterocycles. The van der Waals surface area contributed by atoms with Crippen LogP contribution in [0.5, 0.6) is 5.75 Å². The molecule has 1 heterocycles. The largest absolute Gasteiger partial charge is 0.497 e. The summed E-state index contributed by atoms with van der Waals surface area (Å²) in [7, 11) is 3.40. The Morgan fingerprint density at radius 2 is 2.14 bits per heavy atom. The molecule has 0 saturated carbocycles. The lowest BCUT2D eigenvalue weighted by Gasteiger charge is -2.06. The van der Waals surface area contributed by atoms with Gasteiger partial charge in [-0.3, -0.25) is 9.48 Å². The van der Waals surface area contributed by atoms with Crippen molar-refractivity contribution in [2.24, 2.45) is 13.0 Å². The number of hydrogen-bond acceptors (Lipinski definition) is 3. The Balaban J connectivity index is 2.13. The summed E-state index contributed by atoms with van der Waals surface area (Å²) in [4.78, 5) is 12.3. The number of methoxy groups -OCH3 is 1. The molecule has 0 unspecified atom stereocenters. The summed E-state index contributed by atoms with van der Waals surface area (Å²) in [5, 5.41) is 7.29. The van der Waals surface area contributed by atoms with Gasteiger partial charge in [0.05, 0.1) is 12.8 Å². The number of aryl methyl sites for hydroxylation is 1. The minimum Gasteiger partial charge on any atom is -0.497 e. The van der Waals surface area contributed by atoms with Crippen molar-refractivity contribution >= 4 is 11.7 Å². The average molecular weight is 287 g/mol. The number of hydrogen-bond donors (Lipinski definition) is 1. The van der Waals surface area contributed by atoms with Gasteiger partial charge in [-0.1, -0.05) is 19.9 Å². The van der Waals surface area contributed by atoms with Crippen molar-refractivity contribution in [2.45, 2.75) is 20.3 Å².